The van der Waals surface area contributed by atoms with E-state index in [-0.39, 0.29) is 18.6 Å². The molecular weight excluding hydrogens is 330 g/mol. The number of carbonyl (C=O) groups excluding carboxylic acids is 1. The highest BCUT2D eigenvalue weighted by molar-refractivity contribution is 9.10. The Morgan fingerprint density at radius 2 is 1.90 bits per heavy atom. The summed E-state index contributed by atoms with van der Waals surface area (Å²) < 4.78 is 6.51. The van der Waals surface area contributed by atoms with Gasteiger partial charge in [0.15, 0.2) is 6.61 Å². The van der Waals surface area contributed by atoms with Gasteiger partial charge in [-0.15, -0.1) is 0 Å². The maximum atomic E-state index is 11.9. The average Bonchev–Trinajstić information content (AvgIpc) is 2.46. The summed E-state index contributed by atoms with van der Waals surface area (Å²) in [7, 11) is 0. The Morgan fingerprint density at radius 1 is 1.19 bits per heavy atom. The Hall–Kier alpha value is -1.55. The van der Waals surface area contributed by atoms with Crippen LogP contribution >= 0.6 is 15.9 Å². The highest BCUT2D eigenvalue weighted by atomic mass is 79.9. The topological polar surface area (TPSA) is 38.3 Å². The molecule has 2 aromatic carbocycles. The van der Waals surface area contributed by atoms with Crippen molar-refractivity contribution in [2.24, 2.45) is 5.92 Å². The van der Waals surface area contributed by atoms with Crippen LogP contribution in [0.15, 0.2) is 40.9 Å². The summed E-state index contributed by atoms with van der Waals surface area (Å²) in [5.41, 5.74) is 0. The predicted molar refractivity (Wildman–Crippen MR) is 89.6 cm³/mol. The molecule has 1 N–H and O–H groups in total. The molecule has 1 amide bonds. The van der Waals surface area contributed by atoms with E-state index in [1.165, 1.54) is 0 Å². The van der Waals surface area contributed by atoms with Crippen molar-refractivity contribution in [2.75, 3.05) is 6.61 Å². The third-order valence-corrected chi connectivity index (χ3v) is 4.39. The lowest BCUT2D eigenvalue weighted by atomic mass is 10.1. The van der Waals surface area contributed by atoms with Gasteiger partial charge in [-0.2, -0.15) is 0 Å². The van der Waals surface area contributed by atoms with Crippen molar-refractivity contribution in [3.05, 3.63) is 40.9 Å². The normalized spacial score (nSPS) is 12.4. The first-order valence-corrected chi connectivity index (χ1v) is 7.87. The maximum absolute atomic E-state index is 11.9. The van der Waals surface area contributed by atoms with Crippen molar-refractivity contribution in [1.29, 1.82) is 0 Å². The Kier molecular flexibility index (Phi) is 5.23. The van der Waals surface area contributed by atoms with E-state index < -0.39 is 0 Å². The Labute approximate surface area is 133 Å². The zero-order valence-electron chi connectivity index (χ0n) is 12.5. The average molecular weight is 350 g/mol. The zero-order valence-corrected chi connectivity index (χ0v) is 14.1. The molecule has 0 aromatic heterocycles. The van der Waals surface area contributed by atoms with Crippen LogP contribution in [0.2, 0.25) is 0 Å². The van der Waals surface area contributed by atoms with Crippen molar-refractivity contribution in [2.45, 2.75) is 26.8 Å². The fourth-order valence-electron chi connectivity index (χ4n) is 1.93. The Balaban J connectivity index is 2.04. The van der Waals surface area contributed by atoms with Gasteiger partial charge >= 0.3 is 0 Å². The number of nitrogens with one attached hydrogen (secondary N) is 1. The minimum atomic E-state index is -0.101. The number of fused-ring (bicyclic) bond motifs is 1. The quantitative estimate of drug-likeness (QED) is 0.880. The molecule has 0 aliphatic heterocycles. The van der Waals surface area contributed by atoms with Gasteiger partial charge in [0, 0.05) is 6.04 Å². The van der Waals surface area contributed by atoms with Crippen molar-refractivity contribution in [3.63, 3.8) is 0 Å². The molecule has 0 bridgehead atoms. The first-order valence-electron chi connectivity index (χ1n) is 7.08. The molecule has 21 heavy (non-hydrogen) atoms. The molecule has 2 aromatic rings. The van der Waals surface area contributed by atoms with E-state index in [1.807, 2.05) is 43.3 Å². The van der Waals surface area contributed by atoms with Gasteiger partial charge in [-0.3, -0.25) is 4.79 Å². The number of rotatable bonds is 5. The number of hydrogen-bond donors (Lipinski definition) is 1. The molecule has 0 fully saturated rings. The third-order valence-electron chi connectivity index (χ3n) is 3.58. The van der Waals surface area contributed by atoms with Crippen LogP contribution in [-0.4, -0.2) is 18.6 Å². The monoisotopic (exact) mass is 349 g/mol. The molecule has 1 atom stereocenters. The highest BCUT2D eigenvalue weighted by Crippen LogP contribution is 2.32. The number of carbonyl (C=O) groups is 1. The molecule has 0 spiro atoms. The predicted octanol–water partition coefficient (Wildman–Crippen LogP) is 4.14. The van der Waals surface area contributed by atoms with Gasteiger partial charge < -0.3 is 10.1 Å². The van der Waals surface area contributed by atoms with Gasteiger partial charge in [0.05, 0.1) is 4.47 Å². The van der Waals surface area contributed by atoms with Gasteiger partial charge in [0.1, 0.15) is 5.75 Å². The van der Waals surface area contributed by atoms with Gasteiger partial charge in [0.25, 0.3) is 5.91 Å². The van der Waals surface area contributed by atoms with Gasteiger partial charge in [-0.05, 0) is 45.6 Å². The minimum absolute atomic E-state index is 0.0218. The lowest BCUT2D eigenvalue weighted by Crippen LogP contribution is -2.38. The molecule has 0 aliphatic carbocycles. The molecule has 0 aliphatic rings. The van der Waals surface area contributed by atoms with Gasteiger partial charge in [-0.1, -0.05) is 44.2 Å². The van der Waals surface area contributed by atoms with Crippen LogP contribution in [0, 0.1) is 5.92 Å². The lowest BCUT2D eigenvalue weighted by molar-refractivity contribution is -0.124. The SMILES string of the molecule is CC(C)[C@H](C)NC(=O)COc1ccc2ccccc2c1Br. The van der Waals surface area contributed by atoms with E-state index in [4.69, 9.17) is 4.74 Å². The first kappa shape index (κ1) is 15.8. The number of amides is 1. The smallest absolute Gasteiger partial charge is 0.258 e. The molecular formula is C17H20BrNO2. The van der Waals surface area contributed by atoms with E-state index in [0.29, 0.717) is 11.7 Å². The van der Waals surface area contributed by atoms with Crippen molar-refractivity contribution in [1.82, 2.24) is 5.32 Å². The summed E-state index contributed by atoms with van der Waals surface area (Å²) in [5.74, 6) is 0.985. The molecule has 2 rings (SSSR count). The van der Waals surface area contributed by atoms with Crippen LogP contribution in [0.25, 0.3) is 10.8 Å². The largest absolute Gasteiger partial charge is 0.483 e. The highest BCUT2D eigenvalue weighted by Gasteiger charge is 2.12. The molecule has 0 saturated heterocycles. The standard InChI is InChI=1S/C17H20BrNO2/c1-11(2)12(3)19-16(20)10-21-15-9-8-13-6-4-5-7-14(13)17(15)18/h4-9,11-12H,10H2,1-3H3,(H,19,20)/t12-/m0/s1. The molecule has 0 radical (unpaired) electrons. The molecule has 0 heterocycles. The van der Waals surface area contributed by atoms with Crippen LogP contribution in [-0.2, 0) is 4.79 Å². The van der Waals surface area contributed by atoms with Gasteiger partial charge in [0.2, 0.25) is 0 Å². The molecule has 0 unspecified atom stereocenters. The summed E-state index contributed by atoms with van der Waals surface area (Å²) in [4.78, 5) is 11.9. The Morgan fingerprint density at radius 3 is 2.62 bits per heavy atom. The van der Waals surface area contributed by atoms with Gasteiger partial charge in [-0.25, -0.2) is 0 Å². The van der Waals surface area contributed by atoms with Crippen molar-refractivity contribution < 1.29 is 9.53 Å². The maximum Gasteiger partial charge on any atom is 0.258 e. The summed E-state index contributed by atoms with van der Waals surface area (Å²) in [5, 5.41) is 5.14. The summed E-state index contributed by atoms with van der Waals surface area (Å²) in [6.07, 6.45) is 0. The summed E-state index contributed by atoms with van der Waals surface area (Å²) in [6, 6.07) is 12.1. The van der Waals surface area contributed by atoms with E-state index in [9.17, 15) is 4.79 Å². The number of hydrogen-bond acceptors (Lipinski definition) is 2. The fourth-order valence-corrected chi connectivity index (χ4v) is 2.54. The van der Waals surface area contributed by atoms with Crippen molar-refractivity contribution >= 4 is 32.6 Å². The molecule has 4 heteroatoms. The van der Waals surface area contributed by atoms with E-state index in [2.05, 4.69) is 35.1 Å². The van der Waals surface area contributed by atoms with Crippen LogP contribution in [0.4, 0.5) is 0 Å². The second-order valence-electron chi connectivity index (χ2n) is 5.49. The minimum Gasteiger partial charge on any atom is -0.483 e. The Bertz CT molecular complexity index is 640. The van der Waals surface area contributed by atoms with Crippen LogP contribution in [0.5, 0.6) is 5.75 Å². The van der Waals surface area contributed by atoms with Crippen LogP contribution in [0.3, 0.4) is 0 Å². The first-order chi connectivity index (χ1) is 9.99. The number of benzene rings is 2. The van der Waals surface area contributed by atoms with Crippen molar-refractivity contribution in [3.8, 4) is 5.75 Å². The third kappa shape index (κ3) is 3.97. The van der Waals surface area contributed by atoms with E-state index >= 15 is 0 Å². The lowest BCUT2D eigenvalue weighted by Gasteiger charge is -2.17. The fraction of sp³-hybridized carbons (Fsp3) is 0.353. The van der Waals surface area contributed by atoms with Crippen LogP contribution in [0.1, 0.15) is 20.8 Å². The van der Waals surface area contributed by atoms with Crippen LogP contribution < -0.4 is 10.1 Å². The second kappa shape index (κ2) is 6.94. The number of halogens is 1. The molecule has 3 nitrogen and oxygen atoms in total. The van der Waals surface area contributed by atoms with E-state index in [0.717, 1.165) is 15.2 Å². The second-order valence-corrected chi connectivity index (χ2v) is 6.28. The zero-order chi connectivity index (χ0) is 15.4. The number of ether oxygens (including phenoxy) is 1. The summed E-state index contributed by atoms with van der Waals surface area (Å²) in [6.45, 7) is 6.17. The molecule has 0 saturated carbocycles. The molecule has 112 valence electrons. The summed E-state index contributed by atoms with van der Waals surface area (Å²) >= 11 is 3.55. The van der Waals surface area contributed by atoms with E-state index in [1.54, 1.807) is 0 Å².